The molecule has 0 spiro atoms. The molecule has 0 radical (unpaired) electrons. The summed E-state index contributed by atoms with van der Waals surface area (Å²) >= 11 is 0. The molecule has 0 bridgehead atoms. The van der Waals surface area contributed by atoms with Crippen LogP contribution in [-0.4, -0.2) is 25.9 Å². The fourth-order valence-electron chi connectivity index (χ4n) is 2.31. The van der Waals surface area contributed by atoms with Gasteiger partial charge in [-0.25, -0.2) is 9.67 Å². The van der Waals surface area contributed by atoms with Crippen molar-refractivity contribution in [3.63, 3.8) is 0 Å². The van der Waals surface area contributed by atoms with Crippen molar-refractivity contribution in [3.05, 3.63) is 58.5 Å². The highest BCUT2D eigenvalue weighted by Crippen LogP contribution is 2.06. The Balaban J connectivity index is 1.58. The molecule has 0 saturated heterocycles. The van der Waals surface area contributed by atoms with Crippen molar-refractivity contribution in [1.82, 2.24) is 20.0 Å². The lowest BCUT2D eigenvalue weighted by Gasteiger charge is -2.06. The average Bonchev–Trinajstić information content (AvgIpc) is 2.59. The number of carbonyl (C=O) groups is 1. The van der Waals surface area contributed by atoms with Gasteiger partial charge in [-0.05, 0) is 37.1 Å². The van der Waals surface area contributed by atoms with Gasteiger partial charge >= 0.3 is 0 Å². The number of hydrogen-bond donors (Lipinski definition) is 1. The molecule has 0 aliphatic rings. The third kappa shape index (κ3) is 3.62. The SMILES string of the molecule is Cc1ccc(NC(=O)CCCn2nnc3ccccc3c2=O)nc1. The third-order valence-corrected chi connectivity index (χ3v) is 3.58. The number of fused-ring (bicyclic) bond motifs is 1. The highest BCUT2D eigenvalue weighted by atomic mass is 16.1. The number of anilines is 1. The van der Waals surface area contributed by atoms with Crippen molar-refractivity contribution in [1.29, 1.82) is 0 Å². The van der Waals surface area contributed by atoms with Gasteiger partial charge in [-0.3, -0.25) is 9.59 Å². The molecule has 2 aromatic heterocycles. The van der Waals surface area contributed by atoms with Crippen molar-refractivity contribution in [3.8, 4) is 0 Å². The second kappa shape index (κ2) is 6.99. The maximum absolute atomic E-state index is 12.3. The Morgan fingerprint density at radius 3 is 2.83 bits per heavy atom. The molecule has 7 heteroatoms. The summed E-state index contributed by atoms with van der Waals surface area (Å²) in [6, 6.07) is 10.7. The summed E-state index contributed by atoms with van der Waals surface area (Å²) in [5.41, 5.74) is 1.41. The van der Waals surface area contributed by atoms with Crippen molar-refractivity contribution in [2.45, 2.75) is 26.3 Å². The minimum atomic E-state index is -0.193. The normalized spacial score (nSPS) is 10.7. The molecule has 2 heterocycles. The monoisotopic (exact) mass is 323 g/mol. The minimum absolute atomic E-state index is 0.145. The Kier molecular flexibility index (Phi) is 4.60. The van der Waals surface area contributed by atoms with E-state index in [9.17, 15) is 9.59 Å². The van der Waals surface area contributed by atoms with E-state index in [1.807, 2.05) is 19.1 Å². The maximum Gasteiger partial charge on any atom is 0.277 e. The molecular formula is C17H17N5O2. The van der Waals surface area contributed by atoms with E-state index in [4.69, 9.17) is 0 Å². The molecule has 24 heavy (non-hydrogen) atoms. The third-order valence-electron chi connectivity index (χ3n) is 3.58. The van der Waals surface area contributed by atoms with Crippen molar-refractivity contribution in [2.75, 3.05) is 5.32 Å². The second-order valence-electron chi connectivity index (χ2n) is 5.51. The van der Waals surface area contributed by atoms with E-state index < -0.39 is 0 Å². The van der Waals surface area contributed by atoms with E-state index in [1.54, 1.807) is 30.5 Å². The van der Waals surface area contributed by atoms with Crippen LogP contribution < -0.4 is 10.9 Å². The predicted molar refractivity (Wildman–Crippen MR) is 90.6 cm³/mol. The van der Waals surface area contributed by atoms with Gasteiger partial charge in [0.2, 0.25) is 5.91 Å². The molecule has 0 aliphatic carbocycles. The Labute approximate surface area is 138 Å². The summed E-state index contributed by atoms with van der Waals surface area (Å²) in [6.45, 7) is 2.27. The van der Waals surface area contributed by atoms with Crippen LogP contribution in [0.15, 0.2) is 47.4 Å². The van der Waals surface area contributed by atoms with E-state index in [-0.39, 0.29) is 17.9 Å². The van der Waals surface area contributed by atoms with Gasteiger partial charge < -0.3 is 5.32 Å². The molecule has 0 aliphatic heterocycles. The zero-order chi connectivity index (χ0) is 16.9. The maximum atomic E-state index is 12.3. The van der Waals surface area contributed by atoms with Gasteiger partial charge in [-0.2, -0.15) is 0 Å². The zero-order valence-corrected chi connectivity index (χ0v) is 13.3. The van der Waals surface area contributed by atoms with Crippen LogP contribution in [0, 0.1) is 6.92 Å². The lowest BCUT2D eigenvalue weighted by Crippen LogP contribution is -2.25. The Morgan fingerprint density at radius 1 is 1.21 bits per heavy atom. The second-order valence-corrected chi connectivity index (χ2v) is 5.51. The first kappa shape index (κ1) is 15.8. The van der Waals surface area contributed by atoms with Gasteiger partial charge in [0.1, 0.15) is 11.3 Å². The number of amides is 1. The molecule has 7 nitrogen and oxygen atoms in total. The van der Waals surface area contributed by atoms with E-state index in [0.717, 1.165) is 5.56 Å². The van der Waals surface area contributed by atoms with Crippen LogP contribution >= 0.6 is 0 Å². The summed E-state index contributed by atoms with van der Waals surface area (Å²) < 4.78 is 1.29. The smallest absolute Gasteiger partial charge is 0.277 e. The molecule has 1 N–H and O–H groups in total. The van der Waals surface area contributed by atoms with Crippen LogP contribution in [0.1, 0.15) is 18.4 Å². The van der Waals surface area contributed by atoms with Crippen molar-refractivity contribution in [2.24, 2.45) is 0 Å². The van der Waals surface area contributed by atoms with Crippen LogP contribution in [-0.2, 0) is 11.3 Å². The summed E-state index contributed by atoms with van der Waals surface area (Å²) in [7, 11) is 0. The molecule has 3 rings (SSSR count). The molecule has 122 valence electrons. The predicted octanol–water partition coefficient (Wildman–Crippen LogP) is 1.91. The summed E-state index contributed by atoms with van der Waals surface area (Å²) in [5, 5.41) is 11.2. The molecule has 0 saturated carbocycles. The van der Waals surface area contributed by atoms with Crippen LogP contribution in [0.2, 0.25) is 0 Å². The highest BCUT2D eigenvalue weighted by Gasteiger charge is 2.07. The van der Waals surface area contributed by atoms with Crippen LogP contribution in [0.25, 0.3) is 10.9 Å². The first-order chi connectivity index (χ1) is 11.6. The largest absolute Gasteiger partial charge is 0.311 e. The number of nitrogens with zero attached hydrogens (tertiary/aromatic N) is 4. The molecule has 0 unspecified atom stereocenters. The van der Waals surface area contributed by atoms with Crippen molar-refractivity contribution >= 4 is 22.6 Å². The van der Waals surface area contributed by atoms with Crippen LogP contribution in [0.3, 0.4) is 0 Å². The van der Waals surface area contributed by atoms with Gasteiger partial charge in [-0.1, -0.05) is 23.4 Å². The van der Waals surface area contributed by atoms with E-state index >= 15 is 0 Å². The van der Waals surface area contributed by atoms with E-state index in [0.29, 0.717) is 29.7 Å². The molecular weight excluding hydrogens is 306 g/mol. The Morgan fingerprint density at radius 2 is 2.04 bits per heavy atom. The number of hydrogen-bond acceptors (Lipinski definition) is 5. The standard InChI is InChI=1S/C17H17N5O2/c1-12-8-9-15(18-11-12)19-16(23)7-4-10-22-17(24)13-5-2-3-6-14(13)20-21-22/h2-3,5-6,8-9,11H,4,7,10H2,1H3,(H,18,19,23). The molecule has 1 aromatic carbocycles. The topological polar surface area (TPSA) is 89.8 Å². The lowest BCUT2D eigenvalue weighted by molar-refractivity contribution is -0.116. The highest BCUT2D eigenvalue weighted by molar-refractivity contribution is 5.89. The number of nitrogens with one attached hydrogen (secondary N) is 1. The number of aromatic nitrogens is 4. The van der Waals surface area contributed by atoms with Crippen LogP contribution in [0.4, 0.5) is 5.82 Å². The first-order valence-corrected chi connectivity index (χ1v) is 7.68. The van der Waals surface area contributed by atoms with Crippen molar-refractivity contribution < 1.29 is 4.79 Å². The van der Waals surface area contributed by atoms with E-state index in [2.05, 4.69) is 20.6 Å². The number of pyridine rings is 1. The Bertz CT molecular complexity index is 918. The quantitative estimate of drug-likeness (QED) is 0.774. The Hall–Kier alpha value is -3.09. The number of benzene rings is 1. The molecule has 1 amide bonds. The van der Waals surface area contributed by atoms with Gasteiger partial charge in [0.15, 0.2) is 0 Å². The first-order valence-electron chi connectivity index (χ1n) is 7.68. The van der Waals surface area contributed by atoms with Gasteiger partial charge in [0, 0.05) is 19.2 Å². The fourth-order valence-corrected chi connectivity index (χ4v) is 2.31. The van der Waals surface area contributed by atoms with Gasteiger partial charge in [0.05, 0.1) is 5.39 Å². The fraction of sp³-hybridized carbons (Fsp3) is 0.235. The molecule has 0 fully saturated rings. The number of rotatable bonds is 5. The minimum Gasteiger partial charge on any atom is -0.311 e. The van der Waals surface area contributed by atoms with Gasteiger partial charge in [-0.15, -0.1) is 5.10 Å². The number of aryl methyl sites for hydroxylation is 2. The van der Waals surface area contributed by atoms with E-state index in [1.165, 1.54) is 4.68 Å². The zero-order valence-electron chi connectivity index (χ0n) is 13.3. The van der Waals surface area contributed by atoms with Gasteiger partial charge in [0.25, 0.3) is 5.56 Å². The van der Waals surface area contributed by atoms with Crippen LogP contribution in [0.5, 0.6) is 0 Å². The lowest BCUT2D eigenvalue weighted by atomic mass is 10.2. The summed E-state index contributed by atoms with van der Waals surface area (Å²) in [5.74, 6) is 0.376. The average molecular weight is 323 g/mol. The molecule has 3 aromatic rings. The molecule has 0 atom stereocenters. The summed E-state index contributed by atoms with van der Waals surface area (Å²) in [4.78, 5) is 28.3. The summed E-state index contributed by atoms with van der Waals surface area (Å²) in [6.07, 6.45) is 2.46. The number of carbonyl (C=O) groups excluding carboxylic acids is 1.